The summed E-state index contributed by atoms with van der Waals surface area (Å²) in [5.41, 5.74) is 4.82. The second-order valence-electron chi connectivity index (χ2n) is 9.12. The quantitative estimate of drug-likeness (QED) is 0.312. The molecular formula is C30H25O3P. The molecule has 4 aromatic rings. The lowest BCUT2D eigenvalue weighted by atomic mass is 9.59. The van der Waals surface area contributed by atoms with Crippen molar-refractivity contribution in [3.8, 4) is 0 Å². The van der Waals surface area contributed by atoms with E-state index in [4.69, 9.17) is 4.74 Å². The van der Waals surface area contributed by atoms with E-state index >= 15 is 0 Å². The van der Waals surface area contributed by atoms with Gasteiger partial charge in [-0.15, -0.1) is 0 Å². The fourth-order valence-corrected chi connectivity index (χ4v) is 8.66. The Balaban J connectivity index is 1.58. The zero-order chi connectivity index (χ0) is 23.3. The van der Waals surface area contributed by atoms with Crippen LogP contribution in [0.15, 0.2) is 103 Å². The summed E-state index contributed by atoms with van der Waals surface area (Å²) in [6, 6.07) is 34.2. The summed E-state index contributed by atoms with van der Waals surface area (Å²) in [5.74, 6) is -0.360. The van der Waals surface area contributed by atoms with Crippen LogP contribution in [0.5, 0.6) is 0 Å². The minimum atomic E-state index is -3.10. The van der Waals surface area contributed by atoms with Gasteiger partial charge in [0.05, 0.1) is 13.0 Å². The molecule has 3 nitrogen and oxygen atoms in total. The topological polar surface area (TPSA) is 43.4 Å². The van der Waals surface area contributed by atoms with Crippen LogP contribution < -0.4 is 15.9 Å². The smallest absolute Gasteiger partial charge is 0.309 e. The molecule has 0 aliphatic heterocycles. The van der Waals surface area contributed by atoms with Crippen molar-refractivity contribution in [2.75, 3.05) is 7.11 Å². The van der Waals surface area contributed by atoms with Gasteiger partial charge in [0, 0.05) is 27.7 Å². The van der Waals surface area contributed by atoms with Gasteiger partial charge in [0.25, 0.3) is 0 Å². The Kier molecular flexibility index (Phi) is 5.04. The molecule has 0 heterocycles. The van der Waals surface area contributed by atoms with Gasteiger partial charge in [-0.3, -0.25) is 4.79 Å². The Hall–Kier alpha value is -3.42. The Bertz CT molecular complexity index is 1380. The van der Waals surface area contributed by atoms with Crippen LogP contribution in [-0.2, 0) is 14.1 Å². The zero-order valence-corrected chi connectivity index (χ0v) is 19.8. The lowest BCUT2D eigenvalue weighted by Crippen LogP contribution is -2.38. The maximum Gasteiger partial charge on any atom is 0.309 e. The number of carbonyl (C=O) groups is 1. The summed E-state index contributed by atoms with van der Waals surface area (Å²) in [6.45, 7) is 0. The van der Waals surface area contributed by atoms with Gasteiger partial charge in [-0.1, -0.05) is 97.1 Å². The number of benzene rings is 4. The van der Waals surface area contributed by atoms with Crippen LogP contribution in [0.1, 0.15) is 40.5 Å². The van der Waals surface area contributed by atoms with E-state index in [1.165, 1.54) is 23.8 Å². The maximum absolute atomic E-state index is 14.9. The first kappa shape index (κ1) is 21.1. The molecule has 3 atom stereocenters. The lowest BCUT2D eigenvalue weighted by Gasteiger charge is -2.44. The van der Waals surface area contributed by atoms with Crippen molar-refractivity contribution >= 4 is 29.0 Å². The largest absolute Gasteiger partial charge is 0.469 e. The molecule has 0 radical (unpaired) electrons. The van der Waals surface area contributed by atoms with Gasteiger partial charge in [-0.2, -0.15) is 0 Å². The van der Waals surface area contributed by atoms with Crippen molar-refractivity contribution in [1.82, 2.24) is 0 Å². The standard InChI is InChI=1S/C30H25O3P/c1-33-30(31)28-19-26-23-14-8-9-15-25(23)29(28)27-18-22(16-17-24(26)27)34(32,20-10-4-2-5-11-20)21-12-6-3-7-13-21/h2-18,26,28-29H,19H2,1H3/t26?,28-,29?/m1/s1. The van der Waals surface area contributed by atoms with Crippen LogP contribution in [0.3, 0.4) is 0 Å². The lowest BCUT2D eigenvalue weighted by molar-refractivity contribution is -0.146. The van der Waals surface area contributed by atoms with Crippen LogP contribution in [0, 0.1) is 5.92 Å². The molecule has 0 saturated carbocycles. The highest BCUT2D eigenvalue weighted by Crippen LogP contribution is 2.56. The number of esters is 1. The van der Waals surface area contributed by atoms with Crippen LogP contribution in [-0.4, -0.2) is 13.1 Å². The number of hydrogen-bond acceptors (Lipinski definition) is 3. The third kappa shape index (κ3) is 3.04. The molecule has 4 heteroatoms. The minimum Gasteiger partial charge on any atom is -0.469 e. The highest BCUT2D eigenvalue weighted by molar-refractivity contribution is 7.85. The summed E-state index contributed by atoms with van der Waals surface area (Å²) in [5, 5.41) is 2.43. The van der Waals surface area contributed by atoms with Crippen LogP contribution in [0.2, 0.25) is 0 Å². The molecular weight excluding hydrogens is 439 g/mol. The van der Waals surface area contributed by atoms with Crippen molar-refractivity contribution in [2.45, 2.75) is 18.3 Å². The first-order chi connectivity index (χ1) is 16.6. The third-order valence-corrected chi connectivity index (χ3v) is 10.5. The molecule has 4 aromatic carbocycles. The normalized spacial score (nSPS) is 20.3. The summed E-state index contributed by atoms with van der Waals surface area (Å²) in [4.78, 5) is 12.8. The molecule has 0 fully saturated rings. The van der Waals surface area contributed by atoms with E-state index in [2.05, 4.69) is 30.3 Å². The number of fused-ring (bicyclic) bond motifs is 1. The molecule has 0 saturated heterocycles. The molecule has 7 rings (SSSR count). The second-order valence-corrected chi connectivity index (χ2v) is 11.9. The van der Waals surface area contributed by atoms with Crippen LogP contribution in [0.4, 0.5) is 0 Å². The van der Waals surface area contributed by atoms with Gasteiger partial charge in [-0.25, -0.2) is 0 Å². The predicted octanol–water partition coefficient (Wildman–Crippen LogP) is 5.10. The van der Waals surface area contributed by atoms with Gasteiger partial charge in [-0.05, 0) is 34.7 Å². The number of hydrogen-bond donors (Lipinski definition) is 0. The van der Waals surface area contributed by atoms with E-state index in [-0.39, 0.29) is 23.7 Å². The molecule has 0 aromatic heterocycles. The van der Waals surface area contributed by atoms with E-state index in [9.17, 15) is 9.36 Å². The summed E-state index contributed by atoms with van der Waals surface area (Å²) in [7, 11) is -1.63. The van der Waals surface area contributed by atoms with E-state index in [1.807, 2.05) is 72.8 Å². The second kappa shape index (κ2) is 8.11. The van der Waals surface area contributed by atoms with Crippen LogP contribution in [0.25, 0.3) is 0 Å². The number of carbonyl (C=O) groups excluding carboxylic acids is 1. The molecule has 3 aliphatic carbocycles. The minimum absolute atomic E-state index is 0.0939. The zero-order valence-electron chi connectivity index (χ0n) is 18.9. The first-order valence-electron chi connectivity index (χ1n) is 11.6. The number of ether oxygens (including phenoxy) is 1. The van der Waals surface area contributed by atoms with Crippen molar-refractivity contribution < 1.29 is 14.1 Å². The Labute approximate surface area is 199 Å². The average molecular weight is 465 g/mol. The van der Waals surface area contributed by atoms with Crippen LogP contribution >= 0.6 is 7.14 Å². The molecule has 0 amide bonds. The van der Waals surface area contributed by atoms with E-state index < -0.39 is 7.14 Å². The molecule has 168 valence electrons. The predicted molar refractivity (Wildman–Crippen MR) is 136 cm³/mol. The van der Waals surface area contributed by atoms with E-state index in [1.54, 1.807) is 0 Å². The summed E-state index contributed by atoms with van der Waals surface area (Å²) in [6.07, 6.45) is 0.746. The molecule has 2 bridgehead atoms. The van der Waals surface area contributed by atoms with Crippen molar-refractivity contribution in [3.05, 3.63) is 125 Å². The Morgan fingerprint density at radius 2 is 1.26 bits per heavy atom. The molecule has 3 aliphatic rings. The van der Waals surface area contributed by atoms with Crippen molar-refractivity contribution in [3.63, 3.8) is 0 Å². The molecule has 2 unspecified atom stereocenters. The Morgan fingerprint density at radius 1 is 0.706 bits per heavy atom. The van der Waals surface area contributed by atoms with Gasteiger partial charge in [0.15, 0.2) is 7.14 Å². The third-order valence-electron chi connectivity index (χ3n) is 7.49. The SMILES string of the molecule is COC(=O)[C@@H]1CC2c3ccccc3C1c1cc(P(=O)(c3ccccc3)c3ccccc3)ccc12. The van der Waals surface area contributed by atoms with Crippen molar-refractivity contribution in [1.29, 1.82) is 0 Å². The maximum atomic E-state index is 14.9. The number of rotatable bonds is 4. The summed E-state index contributed by atoms with van der Waals surface area (Å²) < 4.78 is 20.2. The molecule has 34 heavy (non-hydrogen) atoms. The van der Waals surface area contributed by atoms with Gasteiger partial charge >= 0.3 is 5.97 Å². The van der Waals surface area contributed by atoms with Gasteiger partial charge < -0.3 is 9.30 Å². The molecule has 0 spiro atoms. The molecule has 0 N–H and O–H groups in total. The van der Waals surface area contributed by atoms with E-state index in [0.29, 0.717) is 0 Å². The fraction of sp³-hybridized carbons (Fsp3) is 0.167. The summed E-state index contributed by atoms with van der Waals surface area (Å²) >= 11 is 0. The fourth-order valence-electron chi connectivity index (χ4n) is 5.98. The Morgan fingerprint density at radius 3 is 1.88 bits per heavy atom. The van der Waals surface area contributed by atoms with E-state index in [0.717, 1.165) is 27.9 Å². The first-order valence-corrected chi connectivity index (χ1v) is 13.4. The van der Waals surface area contributed by atoms with Crippen molar-refractivity contribution in [2.24, 2.45) is 5.92 Å². The highest BCUT2D eigenvalue weighted by Gasteiger charge is 2.47. The van der Waals surface area contributed by atoms with Gasteiger partial charge in [0.2, 0.25) is 0 Å². The highest BCUT2D eigenvalue weighted by atomic mass is 31.2. The average Bonchev–Trinajstić information content (AvgIpc) is 2.92. The number of methoxy groups -OCH3 is 1. The van der Waals surface area contributed by atoms with Gasteiger partial charge in [0.1, 0.15) is 0 Å². The monoisotopic (exact) mass is 464 g/mol.